The van der Waals surface area contributed by atoms with E-state index in [1.165, 1.54) is 42.9 Å². The van der Waals surface area contributed by atoms with Gasteiger partial charge in [-0.15, -0.1) is 0 Å². The highest BCUT2D eigenvalue weighted by molar-refractivity contribution is 5.78. The maximum atomic E-state index is 11.9. The molecule has 0 spiro atoms. The van der Waals surface area contributed by atoms with Crippen molar-refractivity contribution in [2.45, 2.75) is 58.4 Å². The third-order valence-corrected chi connectivity index (χ3v) is 4.25. The number of Topliss-reactive ketones (excluding diaryl/α,β-unsaturated/α-hetero) is 1. The molecular formula is C18H26N2O2. The molecule has 0 aromatic heterocycles. The minimum absolute atomic E-state index is 0.0181. The van der Waals surface area contributed by atoms with E-state index in [4.69, 9.17) is 0 Å². The van der Waals surface area contributed by atoms with Gasteiger partial charge in [0.25, 0.3) is 0 Å². The smallest absolute Gasteiger partial charge is 0.315 e. The molecule has 0 saturated heterocycles. The molecule has 4 heteroatoms. The number of carbonyl (C=O) groups is 2. The first kappa shape index (κ1) is 16.5. The Morgan fingerprint density at radius 3 is 2.59 bits per heavy atom. The van der Waals surface area contributed by atoms with Gasteiger partial charge < -0.3 is 10.6 Å². The molecule has 1 atom stereocenters. The van der Waals surface area contributed by atoms with Crippen molar-refractivity contribution in [2.75, 3.05) is 6.54 Å². The van der Waals surface area contributed by atoms with Crippen molar-refractivity contribution in [3.8, 4) is 0 Å². The molecule has 1 aromatic carbocycles. The van der Waals surface area contributed by atoms with Crippen LogP contribution in [0, 0.1) is 0 Å². The number of carbonyl (C=O) groups excluding carboxylic acids is 2. The Balaban J connectivity index is 1.96. The van der Waals surface area contributed by atoms with E-state index in [1.807, 2.05) is 0 Å². The van der Waals surface area contributed by atoms with E-state index < -0.39 is 0 Å². The monoisotopic (exact) mass is 302 g/mol. The quantitative estimate of drug-likeness (QED) is 0.847. The predicted octanol–water partition coefficient (Wildman–Crippen LogP) is 3.29. The fourth-order valence-corrected chi connectivity index (χ4v) is 2.95. The van der Waals surface area contributed by atoms with Gasteiger partial charge >= 0.3 is 6.03 Å². The molecule has 22 heavy (non-hydrogen) atoms. The van der Waals surface area contributed by atoms with E-state index in [0.29, 0.717) is 13.0 Å². The lowest BCUT2D eigenvalue weighted by molar-refractivity contribution is -0.116. The Labute approximate surface area is 132 Å². The minimum Gasteiger partial charge on any atom is -0.338 e. The molecule has 0 radical (unpaired) electrons. The minimum atomic E-state index is -0.203. The van der Waals surface area contributed by atoms with Crippen LogP contribution in [0.1, 0.15) is 62.3 Å². The molecule has 1 unspecified atom stereocenters. The van der Waals surface area contributed by atoms with Gasteiger partial charge in [0.15, 0.2) is 0 Å². The van der Waals surface area contributed by atoms with Gasteiger partial charge in [-0.3, -0.25) is 4.79 Å². The van der Waals surface area contributed by atoms with E-state index in [0.717, 1.165) is 12.8 Å². The Bertz CT molecular complexity index is 540. The molecule has 0 bridgehead atoms. The molecule has 120 valence electrons. The summed E-state index contributed by atoms with van der Waals surface area (Å²) in [4.78, 5) is 22.8. The molecule has 2 N–H and O–H groups in total. The molecular weight excluding hydrogens is 276 g/mol. The van der Waals surface area contributed by atoms with E-state index >= 15 is 0 Å². The van der Waals surface area contributed by atoms with E-state index in [9.17, 15) is 9.59 Å². The van der Waals surface area contributed by atoms with E-state index in [-0.39, 0.29) is 17.9 Å². The average Bonchev–Trinajstić information content (AvgIpc) is 2.51. The number of fused-ring (bicyclic) bond motifs is 1. The summed E-state index contributed by atoms with van der Waals surface area (Å²) < 4.78 is 0. The van der Waals surface area contributed by atoms with Gasteiger partial charge in [0.05, 0.1) is 6.04 Å². The number of aryl methyl sites for hydroxylation is 2. The lowest BCUT2D eigenvalue weighted by Gasteiger charge is -2.22. The summed E-state index contributed by atoms with van der Waals surface area (Å²) in [5.74, 6) is 0.0852. The highest BCUT2D eigenvalue weighted by Crippen LogP contribution is 2.25. The van der Waals surface area contributed by atoms with Gasteiger partial charge in [0.2, 0.25) is 0 Å². The Kier molecular flexibility index (Phi) is 5.99. The SMILES string of the molecule is CCC(NC(=O)NCCC(C)=O)c1ccc2c(c1)CCCC2. The van der Waals surface area contributed by atoms with Crippen molar-refractivity contribution >= 4 is 11.8 Å². The van der Waals surface area contributed by atoms with Crippen molar-refractivity contribution in [1.29, 1.82) is 0 Å². The summed E-state index contributed by atoms with van der Waals surface area (Å²) >= 11 is 0. The lowest BCUT2D eigenvalue weighted by Crippen LogP contribution is -2.38. The molecule has 0 heterocycles. The molecule has 0 aliphatic heterocycles. The summed E-state index contributed by atoms with van der Waals surface area (Å²) in [6, 6.07) is 6.41. The van der Waals surface area contributed by atoms with E-state index in [1.54, 1.807) is 0 Å². The van der Waals surface area contributed by atoms with Crippen LogP contribution in [0.4, 0.5) is 4.79 Å². The lowest BCUT2D eigenvalue weighted by atomic mass is 9.89. The van der Waals surface area contributed by atoms with Gasteiger partial charge in [-0.05, 0) is 55.7 Å². The van der Waals surface area contributed by atoms with Crippen molar-refractivity contribution in [1.82, 2.24) is 10.6 Å². The highest BCUT2D eigenvalue weighted by atomic mass is 16.2. The maximum Gasteiger partial charge on any atom is 0.315 e. The highest BCUT2D eigenvalue weighted by Gasteiger charge is 2.16. The zero-order chi connectivity index (χ0) is 15.9. The molecule has 2 amide bonds. The van der Waals surface area contributed by atoms with Crippen LogP contribution in [0.2, 0.25) is 0 Å². The predicted molar refractivity (Wildman–Crippen MR) is 87.9 cm³/mol. The van der Waals surface area contributed by atoms with Crippen LogP contribution in [0.3, 0.4) is 0 Å². The molecule has 0 fully saturated rings. The van der Waals surface area contributed by atoms with E-state index in [2.05, 4.69) is 35.8 Å². The van der Waals surface area contributed by atoms with Crippen molar-refractivity contribution in [2.24, 2.45) is 0 Å². The molecule has 1 aliphatic rings. The van der Waals surface area contributed by atoms with Gasteiger partial charge in [-0.2, -0.15) is 0 Å². The molecule has 1 aromatic rings. The van der Waals surface area contributed by atoms with Gasteiger partial charge in [0, 0.05) is 13.0 Å². The fraction of sp³-hybridized carbons (Fsp3) is 0.556. The molecule has 2 rings (SSSR count). The first-order chi connectivity index (χ1) is 10.6. The molecule has 1 aliphatic carbocycles. The molecule has 4 nitrogen and oxygen atoms in total. The zero-order valence-electron chi connectivity index (χ0n) is 13.6. The van der Waals surface area contributed by atoms with Crippen LogP contribution in [-0.2, 0) is 17.6 Å². The first-order valence-corrected chi connectivity index (χ1v) is 8.25. The van der Waals surface area contributed by atoms with Crippen LogP contribution in [-0.4, -0.2) is 18.4 Å². The van der Waals surface area contributed by atoms with Crippen LogP contribution in [0.15, 0.2) is 18.2 Å². The largest absolute Gasteiger partial charge is 0.338 e. The number of urea groups is 1. The summed E-state index contributed by atoms with van der Waals surface area (Å²) in [5.41, 5.74) is 4.06. The van der Waals surface area contributed by atoms with Crippen LogP contribution < -0.4 is 10.6 Å². The Hall–Kier alpha value is -1.84. The summed E-state index contributed by atoms with van der Waals surface area (Å²) in [6.07, 6.45) is 6.07. The van der Waals surface area contributed by atoms with Crippen LogP contribution in [0.5, 0.6) is 0 Å². The summed E-state index contributed by atoms with van der Waals surface area (Å²) in [5, 5.41) is 5.74. The zero-order valence-corrected chi connectivity index (χ0v) is 13.6. The Morgan fingerprint density at radius 2 is 1.91 bits per heavy atom. The summed E-state index contributed by atoms with van der Waals surface area (Å²) in [6.45, 7) is 3.99. The van der Waals surface area contributed by atoms with Crippen molar-refractivity contribution in [3.05, 3.63) is 34.9 Å². The second-order valence-corrected chi connectivity index (χ2v) is 6.05. The fourth-order valence-electron chi connectivity index (χ4n) is 2.95. The summed E-state index contributed by atoms with van der Waals surface area (Å²) in [7, 11) is 0. The van der Waals surface area contributed by atoms with Crippen molar-refractivity contribution in [3.63, 3.8) is 0 Å². The normalized spacial score (nSPS) is 14.8. The second-order valence-electron chi connectivity index (χ2n) is 6.05. The first-order valence-electron chi connectivity index (χ1n) is 8.25. The second kappa shape index (κ2) is 7.97. The van der Waals surface area contributed by atoms with Gasteiger partial charge in [0.1, 0.15) is 5.78 Å². The van der Waals surface area contributed by atoms with Crippen LogP contribution >= 0.6 is 0 Å². The standard InChI is InChI=1S/C18H26N2O2/c1-3-17(20-18(22)19-11-10-13(2)21)16-9-8-14-6-4-5-7-15(14)12-16/h8-9,12,17H,3-7,10-11H2,1-2H3,(H2,19,20,22). The number of nitrogens with one attached hydrogen (secondary N) is 2. The number of hydrogen-bond acceptors (Lipinski definition) is 2. The topological polar surface area (TPSA) is 58.2 Å². The maximum absolute atomic E-state index is 11.9. The number of hydrogen-bond donors (Lipinski definition) is 2. The van der Waals surface area contributed by atoms with Crippen LogP contribution in [0.25, 0.3) is 0 Å². The average molecular weight is 302 g/mol. The van der Waals surface area contributed by atoms with Gasteiger partial charge in [-0.25, -0.2) is 4.79 Å². The third kappa shape index (κ3) is 4.58. The van der Waals surface area contributed by atoms with Gasteiger partial charge in [-0.1, -0.05) is 25.1 Å². The number of ketones is 1. The molecule has 0 saturated carbocycles. The number of benzene rings is 1. The number of amides is 2. The number of rotatable bonds is 6. The van der Waals surface area contributed by atoms with Crippen molar-refractivity contribution < 1.29 is 9.59 Å². The third-order valence-electron chi connectivity index (χ3n) is 4.25. The Morgan fingerprint density at radius 1 is 1.18 bits per heavy atom.